The molecule has 0 bridgehead atoms. The summed E-state index contributed by atoms with van der Waals surface area (Å²) in [5.41, 5.74) is 1.08. The summed E-state index contributed by atoms with van der Waals surface area (Å²) in [5, 5.41) is 7.08. The first kappa shape index (κ1) is 16.7. The highest BCUT2D eigenvalue weighted by Gasteiger charge is 2.25. The predicted octanol–water partition coefficient (Wildman–Crippen LogP) is 3.21. The monoisotopic (exact) mass is 311 g/mol. The van der Waals surface area contributed by atoms with Gasteiger partial charge in [-0.05, 0) is 47.0 Å². The van der Waals surface area contributed by atoms with Crippen molar-refractivity contribution in [3.8, 4) is 0 Å². The lowest BCUT2D eigenvalue weighted by Gasteiger charge is -2.35. The van der Waals surface area contributed by atoms with Gasteiger partial charge in [-0.2, -0.15) is 0 Å². The second-order valence-electron chi connectivity index (χ2n) is 6.77. The minimum Gasteiger partial charge on any atom is -0.379 e. The summed E-state index contributed by atoms with van der Waals surface area (Å²) in [6.45, 7) is 10.8. The Morgan fingerprint density at radius 1 is 1.48 bits per heavy atom. The number of piperidine rings is 1. The minimum atomic E-state index is -0.0501. The van der Waals surface area contributed by atoms with Gasteiger partial charge in [0, 0.05) is 37.7 Å². The number of aryl methyl sites for hydroxylation is 1. The number of aromatic nitrogens is 1. The summed E-state index contributed by atoms with van der Waals surface area (Å²) in [7, 11) is 1.79. The average Bonchev–Trinajstić information content (AvgIpc) is 2.85. The molecule has 2 rings (SSSR count). The Balaban J connectivity index is 1.76. The van der Waals surface area contributed by atoms with Crippen LogP contribution >= 0.6 is 11.3 Å². The molecule has 0 saturated carbocycles. The van der Waals surface area contributed by atoms with Gasteiger partial charge < -0.3 is 15.0 Å². The number of nitrogens with one attached hydrogen (secondary N) is 1. The number of methoxy groups -OCH3 is 1. The van der Waals surface area contributed by atoms with Gasteiger partial charge in [-0.3, -0.25) is 0 Å². The summed E-state index contributed by atoms with van der Waals surface area (Å²) < 4.78 is 5.52. The molecule has 5 heteroatoms. The Morgan fingerprint density at radius 2 is 2.14 bits per heavy atom. The topological polar surface area (TPSA) is 37.4 Å². The normalized spacial score (nSPS) is 19.0. The summed E-state index contributed by atoms with van der Waals surface area (Å²) in [6.07, 6.45) is 3.42. The molecule has 4 nitrogen and oxygen atoms in total. The molecule has 1 saturated heterocycles. The van der Waals surface area contributed by atoms with E-state index in [9.17, 15) is 0 Å². The van der Waals surface area contributed by atoms with Gasteiger partial charge in [0.25, 0.3) is 0 Å². The van der Waals surface area contributed by atoms with E-state index in [1.54, 1.807) is 18.4 Å². The zero-order valence-electron chi connectivity index (χ0n) is 14.0. The van der Waals surface area contributed by atoms with Crippen molar-refractivity contribution in [1.29, 1.82) is 0 Å². The molecule has 21 heavy (non-hydrogen) atoms. The molecule has 1 N–H and O–H groups in total. The number of ether oxygens (including phenoxy) is 1. The summed E-state index contributed by atoms with van der Waals surface area (Å²) in [5.74, 6) is 0. The second kappa shape index (κ2) is 7.07. The molecule has 120 valence electrons. The van der Waals surface area contributed by atoms with Gasteiger partial charge in [-0.1, -0.05) is 0 Å². The number of nitrogens with zero attached hydrogens (tertiary/aromatic N) is 2. The van der Waals surface area contributed by atoms with Gasteiger partial charge >= 0.3 is 0 Å². The Labute approximate surface area is 132 Å². The van der Waals surface area contributed by atoms with Gasteiger partial charge in [0.2, 0.25) is 0 Å². The van der Waals surface area contributed by atoms with E-state index >= 15 is 0 Å². The molecule has 0 amide bonds. The lowest BCUT2D eigenvalue weighted by molar-refractivity contribution is 0.00744. The third-order valence-corrected chi connectivity index (χ3v) is 5.26. The predicted molar refractivity (Wildman–Crippen MR) is 90.4 cm³/mol. The van der Waals surface area contributed by atoms with Crippen molar-refractivity contribution in [3.63, 3.8) is 0 Å². The smallest absolute Gasteiger partial charge is 0.185 e. The van der Waals surface area contributed by atoms with Crippen molar-refractivity contribution in [2.24, 2.45) is 0 Å². The molecule has 1 aliphatic heterocycles. The van der Waals surface area contributed by atoms with E-state index in [2.05, 4.69) is 48.3 Å². The maximum atomic E-state index is 5.52. The molecular formula is C16H29N3OS. The third kappa shape index (κ3) is 4.94. The molecule has 1 aliphatic rings. The van der Waals surface area contributed by atoms with Crippen LogP contribution in [0.1, 0.15) is 45.7 Å². The molecule has 0 unspecified atom stereocenters. The van der Waals surface area contributed by atoms with Crippen LogP contribution in [0, 0.1) is 6.92 Å². The zero-order valence-corrected chi connectivity index (χ0v) is 14.8. The van der Waals surface area contributed by atoms with Crippen LogP contribution in [0.4, 0.5) is 5.13 Å². The van der Waals surface area contributed by atoms with Crippen LogP contribution in [0.2, 0.25) is 0 Å². The first-order valence-electron chi connectivity index (χ1n) is 7.88. The van der Waals surface area contributed by atoms with Crippen LogP contribution in [-0.4, -0.2) is 42.9 Å². The van der Waals surface area contributed by atoms with E-state index in [4.69, 9.17) is 4.74 Å². The molecular weight excluding hydrogens is 282 g/mol. The molecule has 0 aliphatic carbocycles. The van der Waals surface area contributed by atoms with E-state index < -0.39 is 0 Å². The lowest BCUT2D eigenvalue weighted by atomic mass is 9.97. The van der Waals surface area contributed by atoms with Crippen LogP contribution in [-0.2, 0) is 4.74 Å². The Hall–Kier alpha value is -0.650. The van der Waals surface area contributed by atoms with Crippen molar-refractivity contribution in [3.05, 3.63) is 11.1 Å². The average molecular weight is 311 g/mol. The number of hydrogen-bond acceptors (Lipinski definition) is 5. The van der Waals surface area contributed by atoms with Gasteiger partial charge in [0.1, 0.15) is 0 Å². The van der Waals surface area contributed by atoms with Crippen molar-refractivity contribution < 1.29 is 4.74 Å². The SMILES string of the molecule is COC(C)(C)C[C@H](C)NC1CCN(c2nc(C)cs2)CC1. The van der Waals surface area contributed by atoms with Gasteiger partial charge in [0.15, 0.2) is 5.13 Å². The van der Waals surface area contributed by atoms with Crippen LogP contribution in [0.25, 0.3) is 0 Å². The fraction of sp³-hybridized carbons (Fsp3) is 0.812. The van der Waals surface area contributed by atoms with Crippen molar-refractivity contribution >= 4 is 16.5 Å². The van der Waals surface area contributed by atoms with Crippen molar-refractivity contribution in [1.82, 2.24) is 10.3 Å². The third-order valence-electron chi connectivity index (χ3n) is 4.24. The molecule has 1 aromatic heterocycles. The van der Waals surface area contributed by atoms with Crippen LogP contribution in [0.15, 0.2) is 5.38 Å². The highest BCUT2D eigenvalue weighted by molar-refractivity contribution is 7.13. The molecule has 0 aromatic carbocycles. The Bertz CT molecular complexity index is 438. The van der Waals surface area contributed by atoms with E-state index in [-0.39, 0.29) is 5.60 Å². The largest absolute Gasteiger partial charge is 0.379 e. The van der Waals surface area contributed by atoms with E-state index in [1.165, 1.54) is 18.0 Å². The summed E-state index contributed by atoms with van der Waals surface area (Å²) in [6, 6.07) is 1.10. The molecule has 0 spiro atoms. The van der Waals surface area contributed by atoms with E-state index in [1.807, 2.05) is 0 Å². The van der Waals surface area contributed by atoms with Crippen LogP contribution in [0.3, 0.4) is 0 Å². The molecule has 1 atom stereocenters. The standard InChI is InChI=1S/C16H29N3OS/c1-12(10-16(3,4)20-5)17-14-6-8-19(9-7-14)15-18-13(2)11-21-15/h11-12,14,17H,6-10H2,1-5H3/t12-/m0/s1. The minimum absolute atomic E-state index is 0.0501. The Kier molecular flexibility index (Phi) is 5.63. The highest BCUT2D eigenvalue weighted by atomic mass is 32.1. The molecule has 0 radical (unpaired) electrons. The number of hydrogen-bond donors (Lipinski definition) is 1. The highest BCUT2D eigenvalue weighted by Crippen LogP contribution is 2.24. The van der Waals surface area contributed by atoms with Gasteiger partial charge in [-0.15, -0.1) is 11.3 Å². The lowest BCUT2D eigenvalue weighted by Crippen LogP contribution is -2.47. The number of thiazole rings is 1. The first-order valence-corrected chi connectivity index (χ1v) is 8.76. The van der Waals surface area contributed by atoms with E-state index in [0.717, 1.165) is 25.2 Å². The maximum absolute atomic E-state index is 5.52. The van der Waals surface area contributed by atoms with Crippen molar-refractivity contribution in [2.45, 2.75) is 64.6 Å². The van der Waals surface area contributed by atoms with Gasteiger partial charge in [-0.25, -0.2) is 4.98 Å². The quantitative estimate of drug-likeness (QED) is 0.875. The maximum Gasteiger partial charge on any atom is 0.185 e. The second-order valence-corrected chi connectivity index (χ2v) is 7.60. The van der Waals surface area contributed by atoms with Gasteiger partial charge in [0.05, 0.1) is 11.3 Å². The van der Waals surface area contributed by atoms with Crippen molar-refractivity contribution in [2.75, 3.05) is 25.1 Å². The fourth-order valence-corrected chi connectivity index (χ4v) is 3.86. The first-order chi connectivity index (χ1) is 9.89. The Morgan fingerprint density at radius 3 is 2.67 bits per heavy atom. The number of rotatable bonds is 6. The van der Waals surface area contributed by atoms with Crippen LogP contribution < -0.4 is 10.2 Å². The van der Waals surface area contributed by atoms with Crippen LogP contribution in [0.5, 0.6) is 0 Å². The van der Waals surface area contributed by atoms with E-state index in [0.29, 0.717) is 12.1 Å². The molecule has 2 heterocycles. The molecule has 1 aromatic rings. The fourth-order valence-electron chi connectivity index (χ4n) is 3.01. The zero-order chi connectivity index (χ0) is 15.5. The molecule has 1 fully saturated rings. The summed E-state index contributed by atoms with van der Waals surface area (Å²) in [4.78, 5) is 7.00. The number of anilines is 1. The summed E-state index contributed by atoms with van der Waals surface area (Å²) >= 11 is 1.76.